The third-order valence-corrected chi connectivity index (χ3v) is 3.23. The number of carbonyl (C=O) groups excluding carboxylic acids is 2. The smallest absolute Gasteiger partial charge is 0.264 e. The molecule has 1 aromatic heterocycles. The van der Waals surface area contributed by atoms with Crippen LogP contribution in [-0.4, -0.2) is 50.1 Å². The van der Waals surface area contributed by atoms with Gasteiger partial charge in [-0.3, -0.25) is 9.59 Å². The van der Waals surface area contributed by atoms with Gasteiger partial charge >= 0.3 is 0 Å². The van der Waals surface area contributed by atoms with Gasteiger partial charge in [0.15, 0.2) is 0 Å². The molecular formula is C14H20N2O3S. The molecule has 0 aliphatic rings. The lowest BCUT2D eigenvalue weighted by atomic mass is 10.4. The van der Waals surface area contributed by atoms with Crippen molar-refractivity contribution in [2.24, 2.45) is 0 Å². The lowest BCUT2D eigenvalue weighted by Crippen LogP contribution is -2.39. The zero-order valence-corrected chi connectivity index (χ0v) is 12.7. The van der Waals surface area contributed by atoms with E-state index in [1.165, 1.54) is 16.2 Å². The van der Waals surface area contributed by atoms with E-state index in [1.54, 1.807) is 13.1 Å². The fourth-order valence-corrected chi connectivity index (χ4v) is 2.16. The van der Waals surface area contributed by atoms with Crippen molar-refractivity contribution in [2.75, 3.05) is 33.4 Å². The minimum absolute atomic E-state index is 0.0389. The molecule has 1 heterocycles. The monoisotopic (exact) mass is 296 g/mol. The third-order valence-electron chi connectivity index (χ3n) is 2.38. The van der Waals surface area contributed by atoms with Crippen LogP contribution in [0.25, 0.3) is 0 Å². The van der Waals surface area contributed by atoms with Crippen molar-refractivity contribution in [2.45, 2.75) is 6.92 Å². The quantitative estimate of drug-likeness (QED) is 0.584. The number of nitrogens with zero attached hydrogens (tertiary/aromatic N) is 1. The Morgan fingerprint density at radius 2 is 2.25 bits per heavy atom. The van der Waals surface area contributed by atoms with Crippen LogP contribution in [0, 0.1) is 0 Å². The van der Waals surface area contributed by atoms with Gasteiger partial charge in [0.25, 0.3) is 5.91 Å². The van der Waals surface area contributed by atoms with Crippen molar-refractivity contribution in [1.82, 2.24) is 10.2 Å². The van der Waals surface area contributed by atoms with Crippen LogP contribution in [-0.2, 0) is 9.53 Å². The van der Waals surface area contributed by atoms with Crippen molar-refractivity contribution < 1.29 is 14.3 Å². The summed E-state index contributed by atoms with van der Waals surface area (Å²) in [7, 11) is 1.61. The van der Waals surface area contributed by atoms with E-state index in [-0.39, 0.29) is 18.4 Å². The second-order valence-corrected chi connectivity index (χ2v) is 5.45. The van der Waals surface area contributed by atoms with Crippen LogP contribution >= 0.6 is 11.3 Å². The molecular weight excluding hydrogens is 276 g/mol. The van der Waals surface area contributed by atoms with Crippen LogP contribution in [0.3, 0.4) is 0 Å². The molecule has 0 spiro atoms. The lowest BCUT2D eigenvalue weighted by Gasteiger charge is -2.15. The summed E-state index contributed by atoms with van der Waals surface area (Å²) in [6, 6.07) is 3.55. The Kier molecular flexibility index (Phi) is 6.97. The first-order valence-corrected chi connectivity index (χ1v) is 7.16. The Morgan fingerprint density at radius 1 is 1.50 bits per heavy atom. The summed E-state index contributed by atoms with van der Waals surface area (Å²) >= 11 is 1.36. The van der Waals surface area contributed by atoms with Gasteiger partial charge < -0.3 is 15.0 Å². The lowest BCUT2D eigenvalue weighted by molar-refractivity contribution is -0.121. The second-order valence-electron chi connectivity index (χ2n) is 4.50. The molecule has 0 saturated heterocycles. The van der Waals surface area contributed by atoms with Crippen molar-refractivity contribution >= 4 is 23.2 Å². The summed E-state index contributed by atoms with van der Waals surface area (Å²) in [5, 5.41) is 4.54. The standard InChI is InChI=1S/C14H20N2O3S/c1-11(2)10-19-7-6-15-13(17)9-16(3)14(18)12-5-4-8-20-12/h4-5,8H,1,6-7,9-10H2,2-3H3,(H,15,17). The summed E-state index contributed by atoms with van der Waals surface area (Å²) in [5.41, 5.74) is 0.942. The normalized spacial score (nSPS) is 10.1. The maximum absolute atomic E-state index is 11.9. The Labute approximate surface area is 123 Å². The molecule has 20 heavy (non-hydrogen) atoms. The summed E-state index contributed by atoms with van der Waals surface area (Å²) in [6.45, 7) is 6.98. The number of thiophene rings is 1. The van der Waals surface area contributed by atoms with Gasteiger partial charge in [-0.15, -0.1) is 11.3 Å². The molecule has 2 amide bonds. The van der Waals surface area contributed by atoms with Gasteiger partial charge in [0.2, 0.25) is 5.91 Å². The fraction of sp³-hybridized carbons (Fsp3) is 0.429. The number of nitrogens with one attached hydrogen (secondary N) is 1. The number of amides is 2. The van der Waals surface area contributed by atoms with Crippen LogP contribution in [0.2, 0.25) is 0 Å². The Hall–Kier alpha value is -1.66. The van der Waals surface area contributed by atoms with Crippen LogP contribution in [0.5, 0.6) is 0 Å². The second kappa shape index (κ2) is 8.50. The van der Waals surface area contributed by atoms with E-state index < -0.39 is 0 Å². The first-order chi connectivity index (χ1) is 9.50. The zero-order valence-electron chi connectivity index (χ0n) is 11.8. The van der Waals surface area contributed by atoms with E-state index in [2.05, 4.69) is 11.9 Å². The van der Waals surface area contributed by atoms with Crippen LogP contribution in [0.4, 0.5) is 0 Å². The Bertz CT molecular complexity index is 457. The maximum Gasteiger partial charge on any atom is 0.264 e. The predicted molar refractivity (Wildman–Crippen MR) is 79.9 cm³/mol. The van der Waals surface area contributed by atoms with Gasteiger partial charge in [-0.2, -0.15) is 0 Å². The number of hydrogen-bond acceptors (Lipinski definition) is 4. The average molecular weight is 296 g/mol. The summed E-state index contributed by atoms with van der Waals surface area (Å²) in [5.74, 6) is -0.343. The molecule has 1 N–H and O–H groups in total. The van der Waals surface area contributed by atoms with Crippen LogP contribution in [0.1, 0.15) is 16.6 Å². The molecule has 1 rings (SSSR count). The van der Waals surface area contributed by atoms with Gasteiger partial charge in [-0.25, -0.2) is 0 Å². The molecule has 0 unspecified atom stereocenters. The van der Waals surface area contributed by atoms with E-state index >= 15 is 0 Å². The summed E-state index contributed by atoms with van der Waals surface area (Å²) < 4.78 is 5.26. The van der Waals surface area contributed by atoms with Crippen LogP contribution < -0.4 is 5.32 Å². The van der Waals surface area contributed by atoms with Gasteiger partial charge in [0, 0.05) is 13.6 Å². The topological polar surface area (TPSA) is 58.6 Å². The molecule has 0 saturated carbocycles. The molecule has 0 fully saturated rings. The predicted octanol–water partition coefficient (Wildman–Crippen LogP) is 1.53. The Balaban J connectivity index is 2.21. The van der Waals surface area contributed by atoms with Crippen molar-refractivity contribution in [1.29, 1.82) is 0 Å². The maximum atomic E-state index is 11.9. The van der Waals surface area contributed by atoms with Crippen molar-refractivity contribution in [3.8, 4) is 0 Å². The zero-order chi connectivity index (χ0) is 15.0. The highest BCUT2D eigenvalue weighted by molar-refractivity contribution is 7.12. The highest BCUT2D eigenvalue weighted by Gasteiger charge is 2.15. The molecule has 1 aromatic rings. The SMILES string of the molecule is C=C(C)COCCNC(=O)CN(C)C(=O)c1cccs1. The first-order valence-electron chi connectivity index (χ1n) is 6.28. The van der Waals surface area contributed by atoms with E-state index in [9.17, 15) is 9.59 Å². The number of rotatable bonds is 8. The minimum atomic E-state index is -0.198. The highest BCUT2D eigenvalue weighted by atomic mass is 32.1. The van der Waals surface area contributed by atoms with Crippen molar-refractivity contribution in [3.05, 3.63) is 34.5 Å². The summed E-state index contributed by atoms with van der Waals surface area (Å²) in [4.78, 5) is 25.6. The molecule has 0 aliphatic heterocycles. The van der Waals surface area contributed by atoms with E-state index in [1.807, 2.05) is 18.4 Å². The molecule has 0 aliphatic carbocycles. The molecule has 5 nitrogen and oxygen atoms in total. The van der Waals surface area contributed by atoms with Gasteiger partial charge in [0.1, 0.15) is 0 Å². The Morgan fingerprint density at radius 3 is 2.85 bits per heavy atom. The molecule has 0 atom stereocenters. The van der Waals surface area contributed by atoms with Crippen LogP contribution in [0.15, 0.2) is 29.7 Å². The summed E-state index contributed by atoms with van der Waals surface area (Å²) in [6.07, 6.45) is 0. The molecule has 0 radical (unpaired) electrons. The molecule has 6 heteroatoms. The van der Waals surface area contributed by atoms with E-state index in [4.69, 9.17) is 4.74 Å². The number of carbonyl (C=O) groups is 2. The average Bonchev–Trinajstić information content (AvgIpc) is 2.90. The van der Waals surface area contributed by atoms with Crippen molar-refractivity contribution in [3.63, 3.8) is 0 Å². The minimum Gasteiger partial charge on any atom is -0.375 e. The fourth-order valence-electron chi connectivity index (χ4n) is 1.44. The van der Waals surface area contributed by atoms with Gasteiger partial charge in [-0.05, 0) is 18.4 Å². The van der Waals surface area contributed by atoms with E-state index in [0.29, 0.717) is 24.6 Å². The number of hydrogen-bond donors (Lipinski definition) is 1. The van der Waals surface area contributed by atoms with Gasteiger partial charge in [-0.1, -0.05) is 18.2 Å². The molecule has 110 valence electrons. The van der Waals surface area contributed by atoms with Gasteiger partial charge in [0.05, 0.1) is 24.6 Å². The van der Waals surface area contributed by atoms with E-state index in [0.717, 1.165) is 5.57 Å². The molecule has 0 aromatic carbocycles. The number of likely N-dealkylation sites (N-methyl/N-ethyl adjacent to an activating group) is 1. The third kappa shape index (κ3) is 5.99. The highest BCUT2D eigenvalue weighted by Crippen LogP contribution is 2.10. The molecule has 0 bridgehead atoms. The largest absolute Gasteiger partial charge is 0.375 e. The number of ether oxygens (including phenoxy) is 1. The first kappa shape index (κ1) is 16.4.